The summed E-state index contributed by atoms with van der Waals surface area (Å²) in [4.78, 5) is 4.31. The smallest absolute Gasteiger partial charge is 0.203 e. The molecule has 0 aliphatic rings. The summed E-state index contributed by atoms with van der Waals surface area (Å²) in [6, 6.07) is 0. The number of halogens is 1. The maximum absolute atomic E-state index is 6.09. The summed E-state index contributed by atoms with van der Waals surface area (Å²) >= 11 is 6.09. The van der Waals surface area contributed by atoms with Gasteiger partial charge < -0.3 is 5.32 Å². The highest BCUT2D eigenvalue weighted by molar-refractivity contribution is 6.18. The fourth-order valence-electron chi connectivity index (χ4n) is 1.89. The summed E-state index contributed by atoms with van der Waals surface area (Å²) in [6.45, 7) is 5.13. The van der Waals surface area contributed by atoms with Crippen LogP contribution in [0.1, 0.15) is 26.7 Å². The van der Waals surface area contributed by atoms with E-state index in [4.69, 9.17) is 11.6 Å². The summed E-state index contributed by atoms with van der Waals surface area (Å²) in [5.74, 6) is 1.40. The van der Waals surface area contributed by atoms with E-state index in [0.717, 1.165) is 30.9 Å². The van der Waals surface area contributed by atoms with E-state index in [-0.39, 0.29) is 5.41 Å². The molecule has 0 saturated heterocycles. The Kier molecular flexibility index (Phi) is 4.01. The van der Waals surface area contributed by atoms with Gasteiger partial charge in [-0.1, -0.05) is 13.8 Å². The molecule has 6 heteroatoms. The quantitative estimate of drug-likeness (QED) is 0.818. The van der Waals surface area contributed by atoms with Crippen LogP contribution >= 0.6 is 11.6 Å². The van der Waals surface area contributed by atoms with Crippen molar-refractivity contribution in [2.75, 3.05) is 17.7 Å². The van der Waals surface area contributed by atoms with Gasteiger partial charge in [0.1, 0.15) is 6.33 Å². The van der Waals surface area contributed by atoms with Gasteiger partial charge in [0.25, 0.3) is 0 Å². The lowest BCUT2D eigenvalue weighted by Crippen LogP contribution is -2.30. The van der Waals surface area contributed by atoms with Crippen LogP contribution in [0.25, 0.3) is 5.65 Å². The van der Waals surface area contributed by atoms with Gasteiger partial charge >= 0.3 is 0 Å². The second-order valence-electron chi connectivity index (χ2n) is 4.53. The van der Waals surface area contributed by atoms with Crippen molar-refractivity contribution in [3.05, 3.63) is 18.7 Å². The summed E-state index contributed by atoms with van der Waals surface area (Å²) in [5.41, 5.74) is 0.851. The van der Waals surface area contributed by atoms with Crippen molar-refractivity contribution in [1.82, 2.24) is 19.6 Å². The molecule has 0 atom stereocenters. The van der Waals surface area contributed by atoms with Crippen LogP contribution in [-0.2, 0) is 0 Å². The Labute approximate surface area is 112 Å². The van der Waals surface area contributed by atoms with Gasteiger partial charge in [-0.05, 0) is 12.8 Å². The van der Waals surface area contributed by atoms with E-state index >= 15 is 0 Å². The van der Waals surface area contributed by atoms with Gasteiger partial charge in [0.05, 0.1) is 0 Å². The van der Waals surface area contributed by atoms with Crippen LogP contribution in [0, 0.1) is 5.41 Å². The molecular formula is C12H18ClN5. The van der Waals surface area contributed by atoms with Crippen LogP contribution in [0.4, 0.5) is 5.82 Å². The number of aromatic nitrogens is 4. The Morgan fingerprint density at radius 3 is 2.83 bits per heavy atom. The molecule has 0 amide bonds. The molecule has 0 aliphatic carbocycles. The highest BCUT2D eigenvalue weighted by Gasteiger charge is 2.25. The van der Waals surface area contributed by atoms with Gasteiger partial charge in [0.15, 0.2) is 5.82 Å². The van der Waals surface area contributed by atoms with Crippen LogP contribution in [-0.4, -0.2) is 32.0 Å². The molecule has 98 valence electrons. The molecule has 0 fully saturated rings. The minimum absolute atomic E-state index is 0.107. The number of nitrogens with one attached hydrogen (secondary N) is 1. The van der Waals surface area contributed by atoms with Gasteiger partial charge in [-0.25, -0.2) is 4.98 Å². The Bertz CT molecular complexity index is 498. The predicted octanol–water partition coefficient (Wildman–Crippen LogP) is 2.58. The van der Waals surface area contributed by atoms with Crippen LogP contribution < -0.4 is 5.32 Å². The average molecular weight is 268 g/mol. The topological polar surface area (TPSA) is 55.1 Å². The van der Waals surface area contributed by atoms with E-state index in [1.807, 2.05) is 10.6 Å². The Morgan fingerprint density at radius 1 is 1.39 bits per heavy atom. The van der Waals surface area contributed by atoms with Crippen molar-refractivity contribution >= 4 is 23.1 Å². The predicted molar refractivity (Wildman–Crippen MR) is 73.0 cm³/mol. The van der Waals surface area contributed by atoms with Gasteiger partial charge in [-0.3, -0.25) is 4.40 Å². The molecule has 5 nitrogen and oxygen atoms in total. The van der Waals surface area contributed by atoms with E-state index in [0.29, 0.717) is 5.88 Å². The number of nitrogens with zero attached hydrogens (tertiary/aromatic N) is 4. The minimum atomic E-state index is 0.107. The molecule has 0 aliphatic heterocycles. The van der Waals surface area contributed by atoms with E-state index < -0.39 is 0 Å². The Morgan fingerprint density at radius 2 is 2.17 bits per heavy atom. The first-order valence-corrected chi connectivity index (χ1v) is 6.72. The lowest BCUT2D eigenvalue weighted by molar-refractivity contribution is 0.326. The number of fused-ring (bicyclic) bond motifs is 1. The average Bonchev–Trinajstić information content (AvgIpc) is 2.90. The molecule has 2 aromatic rings. The highest BCUT2D eigenvalue weighted by atomic mass is 35.5. The Hall–Kier alpha value is -1.36. The first-order chi connectivity index (χ1) is 8.74. The number of alkyl halides is 1. The lowest BCUT2D eigenvalue weighted by atomic mass is 9.84. The second kappa shape index (κ2) is 5.52. The van der Waals surface area contributed by atoms with E-state index in [9.17, 15) is 0 Å². The van der Waals surface area contributed by atoms with Gasteiger partial charge in [0, 0.05) is 30.2 Å². The number of anilines is 1. The van der Waals surface area contributed by atoms with Crippen LogP contribution in [0.3, 0.4) is 0 Å². The first kappa shape index (κ1) is 13.1. The van der Waals surface area contributed by atoms with E-state index in [1.54, 1.807) is 12.5 Å². The summed E-state index contributed by atoms with van der Waals surface area (Å²) in [7, 11) is 0. The molecule has 2 aromatic heterocycles. The third kappa shape index (κ3) is 2.41. The maximum atomic E-state index is 6.09. The fraction of sp³-hybridized carbons (Fsp3) is 0.583. The zero-order chi connectivity index (χ0) is 13.0. The van der Waals surface area contributed by atoms with Crippen molar-refractivity contribution in [1.29, 1.82) is 0 Å². The van der Waals surface area contributed by atoms with E-state index in [1.165, 1.54) is 0 Å². The second-order valence-corrected chi connectivity index (χ2v) is 4.80. The fourth-order valence-corrected chi connectivity index (χ4v) is 2.36. The van der Waals surface area contributed by atoms with Gasteiger partial charge in [-0.2, -0.15) is 0 Å². The molecule has 1 N–H and O–H groups in total. The Balaban J connectivity index is 2.17. The number of rotatable bonds is 6. The van der Waals surface area contributed by atoms with Crippen molar-refractivity contribution in [2.24, 2.45) is 5.41 Å². The van der Waals surface area contributed by atoms with Crippen molar-refractivity contribution in [2.45, 2.75) is 26.7 Å². The standard InChI is InChI=1S/C12H18ClN5/c1-3-12(4-2,7-13)8-15-10-11-17-16-9-18(11)6-5-14-10/h5-6,9H,3-4,7-8H2,1-2H3,(H,14,15). The SMILES string of the molecule is CCC(CC)(CCl)CNc1nccn2cnnc12. The molecule has 0 radical (unpaired) electrons. The third-order valence-corrected chi connectivity index (χ3v) is 4.20. The summed E-state index contributed by atoms with van der Waals surface area (Å²) in [6.07, 6.45) is 7.30. The van der Waals surface area contributed by atoms with Gasteiger partial charge in [-0.15, -0.1) is 21.8 Å². The lowest BCUT2D eigenvalue weighted by Gasteiger charge is -2.29. The third-order valence-electron chi connectivity index (χ3n) is 3.63. The molecule has 0 aromatic carbocycles. The summed E-state index contributed by atoms with van der Waals surface area (Å²) < 4.78 is 1.84. The maximum Gasteiger partial charge on any atom is 0.203 e. The molecule has 2 rings (SSSR count). The van der Waals surface area contributed by atoms with Crippen LogP contribution in [0.2, 0.25) is 0 Å². The molecular weight excluding hydrogens is 250 g/mol. The van der Waals surface area contributed by atoms with Crippen molar-refractivity contribution in [3.8, 4) is 0 Å². The highest BCUT2D eigenvalue weighted by Crippen LogP contribution is 2.28. The molecule has 0 bridgehead atoms. The number of hydrogen-bond donors (Lipinski definition) is 1. The monoisotopic (exact) mass is 267 g/mol. The number of hydrogen-bond acceptors (Lipinski definition) is 4. The molecule has 0 spiro atoms. The zero-order valence-electron chi connectivity index (χ0n) is 10.7. The summed E-state index contributed by atoms with van der Waals surface area (Å²) in [5, 5.41) is 11.3. The largest absolute Gasteiger partial charge is 0.366 e. The molecule has 0 unspecified atom stereocenters. The first-order valence-electron chi connectivity index (χ1n) is 6.19. The normalized spacial score (nSPS) is 11.9. The van der Waals surface area contributed by atoms with Crippen LogP contribution in [0.15, 0.2) is 18.7 Å². The molecule has 2 heterocycles. The molecule has 0 saturated carbocycles. The minimum Gasteiger partial charge on any atom is -0.366 e. The van der Waals surface area contributed by atoms with E-state index in [2.05, 4.69) is 34.3 Å². The van der Waals surface area contributed by atoms with Crippen molar-refractivity contribution in [3.63, 3.8) is 0 Å². The van der Waals surface area contributed by atoms with Crippen LogP contribution in [0.5, 0.6) is 0 Å². The van der Waals surface area contributed by atoms with Gasteiger partial charge in [0.2, 0.25) is 5.65 Å². The molecule has 18 heavy (non-hydrogen) atoms. The zero-order valence-corrected chi connectivity index (χ0v) is 11.5. The van der Waals surface area contributed by atoms with Crippen molar-refractivity contribution < 1.29 is 0 Å².